The maximum atomic E-state index is 12.4. The molecule has 0 saturated heterocycles. The molecule has 2 amide bonds. The number of hydrazone groups is 1. The molecule has 3 N–H and O–H groups in total. The lowest BCUT2D eigenvalue weighted by atomic mass is 10.0. The third-order valence-corrected chi connectivity index (χ3v) is 5.48. The van der Waals surface area contributed by atoms with E-state index in [4.69, 9.17) is 0 Å². The van der Waals surface area contributed by atoms with E-state index in [2.05, 4.69) is 26.1 Å². The van der Waals surface area contributed by atoms with Crippen LogP contribution >= 0.6 is 11.3 Å². The Morgan fingerprint density at radius 2 is 2.07 bits per heavy atom. The number of thiazole rings is 1. The highest BCUT2D eigenvalue weighted by Crippen LogP contribution is 2.32. The second kappa shape index (κ2) is 6.17. The summed E-state index contributed by atoms with van der Waals surface area (Å²) in [6.07, 6.45) is 7.31. The molecule has 1 fully saturated rings. The van der Waals surface area contributed by atoms with E-state index in [1.165, 1.54) is 11.3 Å². The van der Waals surface area contributed by atoms with Gasteiger partial charge in [-0.15, -0.1) is 0 Å². The van der Waals surface area contributed by atoms with E-state index in [0.717, 1.165) is 24.1 Å². The van der Waals surface area contributed by atoms with E-state index in [-0.39, 0.29) is 17.7 Å². The second-order valence-electron chi connectivity index (χ2n) is 6.53. The maximum Gasteiger partial charge on any atom is 0.275 e. The van der Waals surface area contributed by atoms with Crippen LogP contribution in [0.4, 0.5) is 10.7 Å². The van der Waals surface area contributed by atoms with Gasteiger partial charge in [-0.05, 0) is 30.5 Å². The van der Waals surface area contributed by atoms with Crippen molar-refractivity contribution in [2.75, 3.05) is 10.6 Å². The SMILES string of the molecule is O=C1NN=C(c2ncc(NC(=O)C3CC3)s2)C1=C1C=Cc2ccccc2N1. The van der Waals surface area contributed by atoms with Gasteiger partial charge in [0, 0.05) is 11.6 Å². The summed E-state index contributed by atoms with van der Waals surface area (Å²) in [6, 6.07) is 7.86. The van der Waals surface area contributed by atoms with Crippen LogP contribution in [0.5, 0.6) is 0 Å². The van der Waals surface area contributed by atoms with Crippen molar-refractivity contribution in [2.24, 2.45) is 11.0 Å². The molecule has 0 spiro atoms. The number of para-hydroxylation sites is 1. The average molecular weight is 377 g/mol. The molecule has 8 heteroatoms. The number of carbonyl (C=O) groups is 2. The fraction of sp³-hybridized carbons (Fsp3) is 0.158. The largest absolute Gasteiger partial charge is 0.354 e. The number of hydrogen-bond acceptors (Lipinski definition) is 6. The first kappa shape index (κ1) is 16.0. The summed E-state index contributed by atoms with van der Waals surface area (Å²) in [7, 11) is 0. The number of hydrogen-bond donors (Lipinski definition) is 3. The Kier molecular flexibility index (Phi) is 3.64. The molecular formula is C19H15N5O2S. The number of benzene rings is 1. The van der Waals surface area contributed by atoms with Crippen molar-refractivity contribution in [1.29, 1.82) is 0 Å². The highest BCUT2D eigenvalue weighted by molar-refractivity contribution is 7.18. The molecule has 0 bridgehead atoms. The minimum absolute atomic E-state index is 0.0276. The fourth-order valence-electron chi connectivity index (χ4n) is 3.00. The Bertz CT molecular complexity index is 1060. The minimum Gasteiger partial charge on any atom is -0.354 e. The zero-order valence-electron chi connectivity index (χ0n) is 14.2. The summed E-state index contributed by atoms with van der Waals surface area (Å²) in [5, 5.41) is 11.6. The lowest BCUT2D eigenvalue weighted by Crippen LogP contribution is -2.19. The van der Waals surface area contributed by atoms with Gasteiger partial charge in [-0.25, -0.2) is 10.4 Å². The number of rotatable bonds is 3. The van der Waals surface area contributed by atoms with Crippen molar-refractivity contribution in [3.05, 3.63) is 58.4 Å². The Balaban J connectivity index is 1.45. The molecule has 27 heavy (non-hydrogen) atoms. The van der Waals surface area contributed by atoms with Gasteiger partial charge in [0.05, 0.1) is 17.5 Å². The molecule has 0 unspecified atom stereocenters. The summed E-state index contributed by atoms with van der Waals surface area (Å²) in [6.45, 7) is 0. The van der Waals surface area contributed by atoms with Crippen LogP contribution in [-0.4, -0.2) is 22.5 Å². The fourth-order valence-corrected chi connectivity index (χ4v) is 3.82. The van der Waals surface area contributed by atoms with Crippen LogP contribution in [0.25, 0.3) is 6.08 Å². The molecule has 0 radical (unpaired) electrons. The molecule has 2 aliphatic heterocycles. The van der Waals surface area contributed by atoms with E-state index in [1.807, 2.05) is 36.4 Å². The Morgan fingerprint density at radius 3 is 2.93 bits per heavy atom. The first-order valence-corrected chi connectivity index (χ1v) is 9.44. The van der Waals surface area contributed by atoms with Crippen LogP contribution in [-0.2, 0) is 9.59 Å². The number of aromatic nitrogens is 1. The lowest BCUT2D eigenvalue weighted by Gasteiger charge is -2.17. The van der Waals surface area contributed by atoms with Crippen LogP contribution in [0, 0.1) is 5.92 Å². The van der Waals surface area contributed by atoms with Crippen molar-refractivity contribution in [3.8, 4) is 0 Å². The number of fused-ring (bicyclic) bond motifs is 1. The van der Waals surface area contributed by atoms with Crippen molar-refractivity contribution in [2.45, 2.75) is 12.8 Å². The molecular weight excluding hydrogens is 362 g/mol. The number of nitrogens with zero attached hydrogens (tertiary/aromatic N) is 2. The summed E-state index contributed by atoms with van der Waals surface area (Å²) in [5.41, 5.74) is 6.08. The van der Waals surface area contributed by atoms with Crippen LogP contribution in [0.15, 0.2) is 52.9 Å². The van der Waals surface area contributed by atoms with Gasteiger partial charge in [0.1, 0.15) is 15.7 Å². The van der Waals surface area contributed by atoms with Crippen LogP contribution in [0.2, 0.25) is 0 Å². The Morgan fingerprint density at radius 1 is 1.22 bits per heavy atom. The predicted molar refractivity (Wildman–Crippen MR) is 104 cm³/mol. The third-order valence-electron chi connectivity index (χ3n) is 4.56. The van der Waals surface area contributed by atoms with Crippen LogP contribution < -0.4 is 16.1 Å². The molecule has 1 saturated carbocycles. The van der Waals surface area contributed by atoms with Gasteiger partial charge in [0.25, 0.3) is 5.91 Å². The quantitative estimate of drug-likeness (QED) is 0.717. The van der Waals surface area contributed by atoms with Crippen molar-refractivity contribution in [3.63, 3.8) is 0 Å². The van der Waals surface area contributed by atoms with E-state index in [0.29, 0.717) is 27.0 Å². The minimum atomic E-state index is -0.282. The zero-order chi connectivity index (χ0) is 18.4. The molecule has 2 aromatic rings. The van der Waals surface area contributed by atoms with E-state index >= 15 is 0 Å². The smallest absolute Gasteiger partial charge is 0.275 e. The third kappa shape index (κ3) is 2.93. The van der Waals surface area contributed by atoms with E-state index in [1.54, 1.807) is 6.20 Å². The summed E-state index contributed by atoms with van der Waals surface area (Å²) in [4.78, 5) is 28.7. The first-order valence-electron chi connectivity index (χ1n) is 8.63. The van der Waals surface area contributed by atoms with Gasteiger partial charge in [-0.1, -0.05) is 35.6 Å². The van der Waals surface area contributed by atoms with Gasteiger partial charge in [0.2, 0.25) is 5.91 Å². The van der Waals surface area contributed by atoms with Gasteiger partial charge in [0.15, 0.2) is 0 Å². The highest BCUT2D eigenvalue weighted by Gasteiger charge is 2.32. The zero-order valence-corrected chi connectivity index (χ0v) is 15.0. The van der Waals surface area contributed by atoms with Gasteiger partial charge >= 0.3 is 0 Å². The topological polar surface area (TPSA) is 95.5 Å². The molecule has 1 aliphatic carbocycles. The molecule has 134 valence electrons. The van der Waals surface area contributed by atoms with E-state index in [9.17, 15) is 9.59 Å². The predicted octanol–water partition coefficient (Wildman–Crippen LogP) is 2.72. The first-order chi connectivity index (χ1) is 13.2. The molecule has 3 heterocycles. The molecule has 3 aliphatic rings. The van der Waals surface area contributed by atoms with Crippen molar-refractivity contribution < 1.29 is 9.59 Å². The summed E-state index contributed by atoms with van der Waals surface area (Å²) < 4.78 is 0. The lowest BCUT2D eigenvalue weighted by molar-refractivity contribution is -0.117. The number of allylic oxidation sites excluding steroid dienone is 1. The standard InChI is InChI=1S/C19H15N5O2S/c25-17(11-5-6-11)22-14-9-20-19(27-14)16-15(18(26)24-23-16)13-8-7-10-3-1-2-4-12(10)21-13/h1-4,7-9,11,21H,5-6H2,(H,22,25)(H,24,26). The second-order valence-corrected chi connectivity index (χ2v) is 7.56. The molecule has 5 rings (SSSR count). The van der Waals surface area contributed by atoms with Gasteiger partial charge in [-0.2, -0.15) is 5.10 Å². The molecule has 1 aromatic heterocycles. The van der Waals surface area contributed by atoms with Gasteiger partial charge in [-0.3, -0.25) is 9.59 Å². The number of carbonyl (C=O) groups excluding carboxylic acids is 2. The highest BCUT2D eigenvalue weighted by atomic mass is 32.1. The average Bonchev–Trinajstić information content (AvgIpc) is 3.33. The van der Waals surface area contributed by atoms with Crippen molar-refractivity contribution >= 4 is 45.6 Å². The van der Waals surface area contributed by atoms with Crippen LogP contribution in [0.3, 0.4) is 0 Å². The molecule has 7 nitrogen and oxygen atoms in total. The number of amides is 2. The summed E-state index contributed by atoms with van der Waals surface area (Å²) >= 11 is 1.31. The normalized spacial score (nSPS) is 20.6. The van der Waals surface area contributed by atoms with Crippen molar-refractivity contribution in [1.82, 2.24) is 10.4 Å². The number of nitrogens with one attached hydrogen (secondary N) is 3. The monoisotopic (exact) mass is 377 g/mol. The Hall–Kier alpha value is -3.26. The molecule has 0 atom stereocenters. The van der Waals surface area contributed by atoms with Crippen LogP contribution in [0.1, 0.15) is 23.4 Å². The van der Waals surface area contributed by atoms with E-state index < -0.39 is 0 Å². The Labute approximate surface area is 158 Å². The maximum absolute atomic E-state index is 12.4. The molecule has 1 aromatic carbocycles. The van der Waals surface area contributed by atoms with Gasteiger partial charge < -0.3 is 10.6 Å². The number of anilines is 2. The summed E-state index contributed by atoms with van der Waals surface area (Å²) in [5.74, 6) is -0.132.